The number of carbonyl (C=O) groups is 4. The summed E-state index contributed by atoms with van der Waals surface area (Å²) < 4.78 is 22.8. The number of guanidine groups is 1. The fraction of sp³-hybridized carbons (Fsp3) is 0.816. The smallest absolute Gasteiger partial charge is 0.437 e. The first-order valence-electron chi connectivity index (χ1n) is 18.8. The van der Waals surface area contributed by atoms with E-state index in [2.05, 4.69) is 27.4 Å². The molecule has 1 unspecified atom stereocenters. The van der Waals surface area contributed by atoms with Gasteiger partial charge in [-0.25, -0.2) is 9.59 Å². The Hall–Kier alpha value is -3.19. The highest BCUT2D eigenvalue weighted by molar-refractivity contribution is 5.99. The summed E-state index contributed by atoms with van der Waals surface area (Å²) in [6.45, 7) is 18.3. The van der Waals surface area contributed by atoms with Crippen LogP contribution in [0.15, 0.2) is 17.1 Å². The van der Waals surface area contributed by atoms with E-state index in [9.17, 15) is 19.2 Å². The molecule has 2 saturated heterocycles. The average Bonchev–Trinajstić information content (AvgIpc) is 3.01. The van der Waals surface area contributed by atoms with Gasteiger partial charge in [0.2, 0.25) is 11.9 Å². The van der Waals surface area contributed by atoms with E-state index in [0.717, 1.165) is 38.5 Å². The van der Waals surface area contributed by atoms with Crippen LogP contribution in [0.4, 0.5) is 9.59 Å². The number of esters is 1. The number of piperidine rings is 2. The first-order chi connectivity index (χ1) is 23.7. The third-order valence-corrected chi connectivity index (χ3v) is 9.03. The summed E-state index contributed by atoms with van der Waals surface area (Å²) in [4.78, 5) is 62.5. The average molecular weight is 720 g/mol. The van der Waals surface area contributed by atoms with Gasteiger partial charge in [0, 0.05) is 38.3 Å². The lowest BCUT2D eigenvalue weighted by Crippen LogP contribution is -2.55. The molecule has 290 valence electrons. The van der Waals surface area contributed by atoms with Crippen LogP contribution < -0.4 is 5.32 Å². The summed E-state index contributed by atoms with van der Waals surface area (Å²) in [5.74, 6) is -0.281. The number of allylic oxidation sites excluding steroid dienone is 1. The van der Waals surface area contributed by atoms with Crippen LogP contribution >= 0.6 is 0 Å². The number of amides is 3. The van der Waals surface area contributed by atoms with Crippen molar-refractivity contribution in [2.45, 2.75) is 168 Å². The molecule has 13 nitrogen and oxygen atoms in total. The van der Waals surface area contributed by atoms with E-state index in [-0.39, 0.29) is 42.4 Å². The molecule has 0 radical (unpaired) electrons. The quantitative estimate of drug-likeness (QED) is 0.0964. The highest BCUT2D eigenvalue weighted by Crippen LogP contribution is 2.27. The van der Waals surface area contributed by atoms with Crippen molar-refractivity contribution in [1.82, 2.24) is 20.0 Å². The molecule has 13 heteroatoms. The van der Waals surface area contributed by atoms with Crippen molar-refractivity contribution in [3.8, 4) is 0 Å². The maximum atomic E-state index is 14.3. The van der Waals surface area contributed by atoms with Gasteiger partial charge in [-0.15, -0.1) is 4.99 Å². The van der Waals surface area contributed by atoms with E-state index in [4.69, 9.17) is 18.9 Å². The van der Waals surface area contributed by atoms with Gasteiger partial charge in [0.15, 0.2) is 0 Å². The van der Waals surface area contributed by atoms with Gasteiger partial charge in [-0.2, -0.15) is 0 Å². The number of hydrogen-bond acceptors (Lipinski definition) is 9. The van der Waals surface area contributed by atoms with Crippen LogP contribution in [0.2, 0.25) is 0 Å². The lowest BCUT2D eigenvalue weighted by Gasteiger charge is -2.42. The van der Waals surface area contributed by atoms with E-state index >= 15 is 0 Å². The van der Waals surface area contributed by atoms with Gasteiger partial charge in [0.25, 0.3) is 0 Å². The van der Waals surface area contributed by atoms with Gasteiger partial charge in [-0.1, -0.05) is 12.2 Å². The number of rotatable bonds is 9. The fourth-order valence-corrected chi connectivity index (χ4v) is 6.68. The molecule has 51 heavy (non-hydrogen) atoms. The third-order valence-electron chi connectivity index (χ3n) is 9.03. The minimum absolute atomic E-state index is 0.00906. The highest BCUT2D eigenvalue weighted by atomic mass is 16.6. The van der Waals surface area contributed by atoms with Crippen molar-refractivity contribution < 1.29 is 38.1 Å². The lowest BCUT2D eigenvalue weighted by molar-refractivity contribution is -0.160. The number of alkyl carbamates (subject to hydrolysis) is 1. The number of likely N-dealkylation sites (tertiary alicyclic amines) is 2. The Morgan fingerprint density at radius 2 is 1.49 bits per heavy atom. The number of nitrogens with one attached hydrogen (secondary N) is 1. The van der Waals surface area contributed by atoms with Crippen molar-refractivity contribution in [2.24, 2.45) is 4.99 Å². The van der Waals surface area contributed by atoms with Crippen molar-refractivity contribution in [3.63, 3.8) is 0 Å². The van der Waals surface area contributed by atoms with E-state index in [1.807, 2.05) is 37.6 Å². The molecule has 3 atom stereocenters. The molecule has 0 aromatic rings. The molecule has 0 bridgehead atoms. The molecule has 2 heterocycles. The highest BCUT2D eigenvalue weighted by Gasteiger charge is 2.38. The van der Waals surface area contributed by atoms with Crippen LogP contribution in [0.1, 0.15) is 127 Å². The Morgan fingerprint density at radius 3 is 2.08 bits per heavy atom. The SMILES string of the molecule is CN(C(CC(=O)OC(C)(C)C)C(=O)N1CCCC[C@H]1CCOC1CCN(C(=NC(=O)OC(C)(C)C)NC(=O)OC(C)(C)C)CC1)[C@@H]1CC=CCC1. The second-order valence-corrected chi connectivity index (χ2v) is 17.0. The number of ether oxygens (including phenoxy) is 4. The van der Waals surface area contributed by atoms with Crippen molar-refractivity contribution in [3.05, 3.63) is 12.2 Å². The maximum absolute atomic E-state index is 14.3. The van der Waals surface area contributed by atoms with Gasteiger partial charge in [0.1, 0.15) is 16.8 Å². The summed E-state index contributed by atoms with van der Waals surface area (Å²) in [7, 11) is 1.97. The number of carbonyl (C=O) groups excluding carboxylic acids is 4. The second-order valence-electron chi connectivity index (χ2n) is 17.0. The first-order valence-corrected chi connectivity index (χ1v) is 18.8. The zero-order valence-electron chi connectivity index (χ0n) is 32.9. The largest absolute Gasteiger partial charge is 0.460 e. The molecule has 1 aliphatic carbocycles. The van der Waals surface area contributed by atoms with Gasteiger partial charge >= 0.3 is 18.2 Å². The van der Waals surface area contributed by atoms with E-state index in [1.165, 1.54) is 0 Å². The minimum Gasteiger partial charge on any atom is -0.460 e. The lowest BCUT2D eigenvalue weighted by atomic mass is 9.95. The normalized spacial score (nSPS) is 21.7. The molecule has 2 fully saturated rings. The molecule has 3 aliphatic rings. The van der Waals surface area contributed by atoms with Gasteiger partial charge in [-0.3, -0.25) is 19.8 Å². The molecule has 2 aliphatic heterocycles. The number of nitrogens with zero attached hydrogens (tertiary/aromatic N) is 4. The van der Waals surface area contributed by atoms with Crippen LogP contribution in [0.25, 0.3) is 0 Å². The van der Waals surface area contributed by atoms with Crippen molar-refractivity contribution in [2.75, 3.05) is 33.3 Å². The van der Waals surface area contributed by atoms with Crippen molar-refractivity contribution >= 4 is 30.0 Å². The molecule has 0 aromatic heterocycles. The molecular weight excluding hydrogens is 654 g/mol. The van der Waals surface area contributed by atoms with E-state index in [0.29, 0.717) is 45.5 Å². The summed E-state index contributed by atoms with van der Waals surface area (Å²) in [6, 6.07) is -0.372. The fourth-order valence-electron chi connectivity index (χ4n) is 6.68. The van der Waals surface area contributed by atoms with Gasteiger partial charge < -0.3 is 28.7 Å². The summed E-state index contributed by atoms with van der Waals surface area (Å²) in [6.07, 6.45) is 10.5. The van der Waals surface area contributed by atoms with Crippen molar-refractivity contribution in [1.29, 1.82) is 0 Å². The minimum atomic E-state index is -0.798. The zero-order valence-corrected chi connectivity index (χ0v) is 32.9. The molecule has 0 spiro atoms. The number of aliphatic imine (C=N–C) groups is 1. The Balaban J connectivity index is 1.61. The van der Waals surface area contributed by atoms with Crippen LogP contribution in [0.3, 0.4) is 0 Å². The van der Waals surface area contributed by atoms with Crippen LogP contribution in [-0.2, 0) is 28.5 Å². The topological polar surface area (TPSA) is 139 Å². The molecule has 1 N–H and O–H groups in total. The number of likely N-dealkylation sites (N-methyl/N-ethyl adjacent to an activating group) is 1. The molecule has 0 aromatic carbocycles. The Morgan fingerprint density at radius 1 is 0.843 bits per heavy atom. The molecule has 3 amide bonds. The summed E-state index contributed by atoms with van der Waals surface area (Å²) in [5.41, 5.74) is -2.08. The summed E-state index contributed by atoms with van der Waals surface area (Å²) in [5, 5.41) is 2.64. The summed E-state index contributed by atoms with van der Waals surface area (Å²) >= 11 is 0. The standard InChI is InChI=1S/C38H65N5O8/c1-36(2,3)49-31(44)26-30(41(10)27-16-12-11-13-17-27)32(45)43-22-15-14-18-28(43)21-25-48-29-19-23-42(24-20-29)33(39-34(46)50-37(4,5)6)40-35(47)51-38(7,8)9/h11-12,27-30H,13-26H2,1-10H3,(H,39,40,46,47)/t27-,28+,30?/m1/s1. The van der Waals surface area contributed by atoms with Gasteiger partial charge in [-0.05, 0) is 127 Å². The Bertz CT molecular complexity index is 1240. The molecule has 0 saturated carbocycles. The predicted molar refractivity (Wildman–Crippen MR) is 196 cm³/mol. The number of hydrogen-bond donors (Lipinski definition) is 1. The maximum Gasteiger partial charge on any atom is 0.437 e. The molecular formula is C38H65N5O8. The first kappa shape index (κ1) is 42.2. The Labute approximate surface area is 305 Å². The van der Waals surface area contributed by atoms with Gasteiger partial charge in [0.05, 0.1) is 18.6 Å². The van der Waals surface area contributed by atoms with Crippen LogP contribution in [-0.4, -0.2) is 119 Å². The van der Waals surface area contributed by atoms with Crippen LogP contribution in [0.5, 0.6) is 0 Å². The van der Waals surface area contributed by atoms with E-state index in [1.54, 1.807) is 41.5 Å². The zero-order chi connectivity index (χ0) is 38.0. The van der Waals surface area contributed by atoms with E-state index < -0.39 is 35.0 Å². The Kier molecular flexibility index (Phi) is 15.3. The predicted octanol–water partition coefficient (Wildman–Crippen LogP) is 6.20. The molecule has 3 rings (SSSR count). The third kappa shape index (κ3) is 15.1. The van der Waals surface area contributed by atoms with Crippen LogP contribution in [0, 0.1) is 0 Å². The second kappa shape index (κ2) is 18.5. The monoisotopic (exact) mass is 719 g/mol.